The van der Waals surface area contributed by atoms with Gasteiger partial charge in [-0.25, -0.2) is 9.37 Å². The van der Waals surface area contributed by atoms with Gasteiger partial charge in [-0.2, -0.15) is 0 Å². The SMILES string of the molecule is CC(=O)n1ccc2c(F)c(N(CCOC(C)C)c3ccnc(NC(=O)c4ccc(C5CCN(CCO)CC5)cc4)c3)ccc21. The van der Waals surface area contributed by atoms with E-state index in [-0.39, 0.29) is 24.5 Å². The number of benzene rings is 2. The Bertz CT molecular complexity index is 1600. The van der Waals surface area contributed by atoms with Gasteiger partial charge < -0.3 is 25.0 Å². The lowest BCUT2D eigenvalue weighted by atomic mass is 9.89. The zero-order valence-electron chi connectivity index (χ0n) is 25.5. The van der Waals surface area contributed by atoms with E-state index in [4.69, 9.17) is 4.74 Å². The van der Waals surface area contributed by atoms with E-state index in [0.717, 1.165) is 25.9 Å². The third-order valence-electron chi connectivity index (χ3n) is 8.13. The van der Waals surface area contributed by atoms with Crippen LogP contribution in [-0.2, 0) is 4.74 Å². The molecule has 9 nitrogen and oxygen atoms in total. The van der Waals surface area contributed by atoms with Crippen molar-refractivity contribution in [3.63, 3.8) is 0 Å². The van der Waals surface area contributed by atoms with E-state index in [0.29, 0.717) is 59.3 Å². The van der Waals surface area contributed by atoms with E-state index in [2.05, 4.69) is 15.2 Å². The maximum atomic E-state index is 15.9. The topological polar surface area (TPSA) is 99.9 Å². The monoisotopic (exact) mass is 601 g/mol. The molecule has 232 valence electrons. The Morgan fingerprint density at radius 3 is 2.55 bits per heavy atom. The van der Waals surface area contributed by atoms with Crippen LogP contribution in [0.2, 0.25) is 0 Å². The number of aliphatic hydroxyl groups excluding tert-OH is 1. The number of aliphatic hydroxyl groups is 1. The second kappa shape index (κ2) is 14.1. The van der Waals surface area contributed by atoms with Crippen LogP contribution in [0.5, 0.6) is 0 Å². The normalized spacial score (nSPS) is 14.3. The molecule has 44 heavy (non-hydrogen) atoms. The van der Waals surface area contributed by atoms with Gasteiger partial charge in [-0.3, -0.25) is 14.2 Å². The number of hydrogen-bond acceptors (Lipinski definition) is 7. The minimum atomic E-state index is -0.450. The molecule has 5 rings (SSSR count). The fraction of sp³-hybridized carbons (Fsp3) is 0.382. The molecule has 0 saturated carbocycles. The summed E-state index contributed by atoms with van der Waals surface area (Å²) in [6, 6.07) is 16.2. The highest BCUT2D eigenvalue weighted by Crippen LogP contribution is 2.34. The number of nitrogens with zero attached hydrogens (tertiary/aromatic N) is 4. The fourth-order valence-electron chi connectivity index (χ4n) is 5.80. The van der Waals surface area contributed by atoms with Crippen molar-refractivity contribution in [2.45, 2.75) is 45.6 Å². The fourth-order valence-corrected chi connectivity index (χ4v) is 5.80. The Balaban J connectivity index is 1.34. The molecule has 10 heteroatoms. The van der Waals surface area contributed by atoms with Crippen molar-refractivity contribution in [2.24, 2.45) is 0 Å². The molecule has 1 amide bonds. The van der Waals surface area contributed by atoms with E-state index < -0.39 is 5.82 Å². The Kier molecular flexibility index (Phi) is 10.0. The number of aromatic nitrogens is 2. The van der Waals surface area contributed by atoms with Gasteiger partial charge in [0, 0.05) is 55.1 Å². The second-order valence-electron chi connectivity index (χ2n) is 11.4. The zero-order chi connectivity index (χ0) is 31.2. The minimum Gasteiger partial charge on any atom is -0.395 e. The van der Waals surface area contributed by atoms with Crippen molar-refractivity contribution in [1.29, 1.82) is 0 Å². The highest BCUT2D eigenvalue weighted by Gasteiger charge is 2.22. The maximum absolute atomic E-state index is 15.9. The lowest BCUT2D eigenvalue weighted by molar-refractivity contribution is 0.0850. The number of β-amino-alcohol motifs (C(OH)–C–C–N with tert-alkyl or cyclic N) is 1. The Morgan fingerprint density at radius 2 is 1.86 bits per heavy atom. The molecule has 0 radical (unpaired) electrons. The molecule has 0 atom stereocenters. The molecule has 0 unspecified atom stereocenters. The highest BCUT2D eigenvalue weighted by molar-refractivity contribution is 6.04. The van der Waals surface area contributed by atoms with Crippen LogP contribution in [0.3, 0.4) is 0 Å². The van der Waals surface area contributed by atoms with Crippen LogP contribution in [0.1, 0.15) is 60.2 Å². The number of piperidine rings is 1. The van der Waals surface area contributed by atoms with Crippen LogP contribution in [-0.4, -0.2) is 76.9 Å². The van der Waals surface area contributed by atoms with Gasteiger partial charge in [0.1, 0.15) is 5.82 Å². The summed E-state index contributed by atoms with van der Waals surface area (Å²) in [5.41, 5.74) is 3.19. The van der Waals surface area contributed by atoms with Crippen molar-refractivity contribution < 1.29 is 23.8 Å². The predicted molar refractivity (Wildman–Crippen MR) is 170 cm³/mol. The van der Waals surface area contributed by atoms with Crippen LogP contribution in [0.25, 0.3) is 10.9 Å². The second-order valence-corrected chi connectivity index (χ2v) is 11.4. The molecule has 0 aliphatic carbocycles. The lowest BCUT2D eigenvalue weighted by Crippen LogP contribution is -2.34. The van der Waals surface area contributed by atoms with E-state index in [1.807, 2.05) is 38.1 Å². The van der Waals surface area contributed by atoms with Crippen molar-refractivity contribution in [1.82, 2.24) is 14.5 Å². The quantitative estimate of drug-likeness (QED) is 0.223. The van der Waals surface area contributed by atoms with E-state index in [1.54, 1.807) is 47.6 Å². The van der Waals surface area contributed by atoms with Gasteiger partial charge in [0.05, 0.1) is 30.5 Å². The first kappa shape index (κ1) is 31.3. The number of pyridine rings is 1. The third kappa shape index (κ3) is 7.15. The number of rotatable bonds is 11. The average molecular weight is 602 g/mol. The van der Waals surface area contributed by atoms with Crippen molar-refractivity contribution >= 4 is 39.9 Å². The molecule has 2 aromatic heterocycles. The Labute approximate surface area is 257 Å². The molecular weight excluding hydrogens is 561 g/mol. The standard InChI is InChI=1S/C34H40FN5O4/c1-23(2)44-21-19-40(31-9-8-30-29(33(31)35)13-17-39(30)24(3)42)28-10-14-36-32(22-28)37-34(43)27-6-4-25(5-7-27)26-11-15-38(16-12-26)18-20-41/h4-10,13-14,17,22-23,26,41H,11-12,15-16,18-21H2,1-3H3,(H,36,37,43). The first-order valence-electron chi connectivity index (χ1n) is 15.2. The molecule has 4 aromatic rings. The van der Waals surface area contributed by atoms with E-state index in [9.17, 15) is 14.7 Å². The van der Waals surface area contributed by atoms with Crippen molar-refractivity contribution in [3.05, 3.63) is 83.9 Å². The summed E-state index contributed by atoms with van der Waals surface area (Å²) in [5, 5.41) is 12.4. The summed E-state index contributed by atoms with van der Waals surface area (Å²) >= 11 is 0. The average Bonchev–Trinajstić information content (AvgIpc) is 3.46. The largest absolute Gasteiger partial charge is 0.395 e. The Hall–Kier alpha value is -4.12. The summed E-state index contributed by atoms with van der Waals surface area (Å²) in [7, 11) is 0. The lowest BCUT2D eigenvalue weighted by Gasteiger charge is -2.31. The summed E-state index contributed by atoms with van der Waals surface area (Å²) < 4.78 is 23.1. The smallest absolute Gasteiger partial charge is 0.256 e. The van der Waals surface area contributed by atoms with Gasteiger partial charge in [-0.15, -0.1) is 0 Å². The number of anilines is 3. The summed E-state index contributed by atoms with van der Waals surface area (Å²) in [6.45, 7) is 8.83. The molecule has 1 aliphatic heterocycles. The number of likely N-dealkylation sites (tertiary alicyclic amines) is 1. The molecular formula is C34H40FN5O4. The number of carbonyl (C=O) groups is 2. The highest BCUT2D eigenvalue weighted by atomic mass is 19.1. The third-order valence-corrected chi connectivity index (χ3v) is 8.13. The van der Waals surface area contributed by atoms with Gasteiger partial charge in [0.25, 0.3) is 5.91 Å². The maximum Gasteiger partial charge on any atom is 0.256 e. The van der Waals surface area contributed by atoms with E-state index in [1.165, 1.54) is 17.1 Å². The van der Waals surface area contributed by atoms with Crippen molar-refractivity contribution in [2.75, 3.05) is 49.6 Å². The van der Waals surface area contributed by atoms with Crippen LogP contribution >= 0.6 is 0 Å². The summed E-state index contributed by atoms with van der Waals surface area (Å²) in [6.07, 6.45) is 5.21. The number of fused-ring (bicyclic) bond motifs is 1. The molecule has 1 fully saturated rings. The van der Waals surface area contributed by atoms with Gasteiger partial charge in [0.15, 0.2) is 5.82 Å². The molecule has 0 spiro atoms. The summed E-state index contributed by atoms with van der Waals surface area (Å²) in [5.74, 6) is -0.156. The van der Waals surface area contributed by atoms with Gasteiger partial charge in [0.2, 0.25) is 5.91 Å². The Morgan fingerprint density at radius 1 is 1.11 bits per heavy atom. The predicted octanol–water partition coefficient (Wildman–Crippen LogP) is 5.82. The van der Waals surface area contributed by atoms with Crippen LogP contribution in [0.15, 0.2) is 67.0 Å². The minimum absolute atomic E-state index is 0.00604. The van der Waals surface area contributed by atoms with Crippen LogP contribution in [0.4, 0.5) is 21.6 Å². The summed E-state index contributed by atoms with van der Waals surface area (Å²) in [4.78, 5) is 33.6. The first-order valence-corrected chi connectivity index (χ1v) is 15.2. The van der Waals surface area contributed by atoms with Gasteiger partial charge in [-0.1, -0.05) is 12.1 Å². The number of carbonyl (C=O) groups excluding carboxylic acids is 2. The van der Waals surface area contributed by atoms with Gasteiger partial charge in [-0.05, 0) is 87.7 Å². The van der Waals surface area contributed by atoms with Crippen molar-refractivity contribution in [3.8, 4) is 0 Å². The molecule has 2 N–H and O–H groups in total. The molecule has 1 saturated heterocycles. The number of amides is 1. The zero-order valence-corrected chi connectivity index (χ0v) is 25.5. The number of ether oxygens (including phenoxy) is 1. The number of hydrogen-bond donors (Lipinski definition) is 2. The van der Waals surface area contributed by atoms with E-state index >= 15 is 4.39 Å². The molecule has 3 heterocycles. The van der Waals surface area contributed by atoms with Gasteiger partial charge >= 0.3 is 0 Å². The molecule has 0 bridgehead atoms. The number of nitrogens with one attached hydrogen (secondary N) is 1. The molecule has 2 aromatic carbocycles. The van der Waals surface area contributed by atoms with Crippen LogP contribution in [0, 0.1) is 5.82 Å². The van der Waals surface area contributed by atoms with Crippen LogP contribution < -0.4 is 10.2 Å². The first-order chi connectivity index (χ1) is 21.2. The molecule has 1 aliphatic rings. The number of halogens is 1.